The standard InChI is InChI=1S/C16H18N2O2S/c1-3-11(2)12-6-8-13(9-7-12)17-16(21)18-15(19)14-5-4-10-20-14/h4-11H,3H2,1-2H3,(H2,17,18,19,21). The summed E-state index contributed by atoms with van der Waals surface area (Å²) in [5.74, 6) is 0.393. The predicted molar refractivity (Wildman–Crippen MR) is 87.5 cm³/mol. The summed E-state index contributed by atoms with van der Waals surface area (Å²) in [5, 5.41) is 5.79. The molecule has 1 aromatic carbocycles. The van der Waals surface area contributed by atoms with Gasteiger partial charge < -0.3 is 9.73 Å². The fourth-order valence-electron chi connectivity index (χ4n) is 1.87. The zero-order valence-electron chi connectivity index (χ0n) is 12.1. The Morgan fingerprint density at radius 3 is 2.57 bits per heavy atom. The van der Waals surface area contributed by atoms with Crippen molar-refractivity contribution < 1.29 is 9.21 Å². The Balaban J connectivity index is 1.92. The molecule has 2 N–H and O–H groups in total. The molecular formula is C16H18N2O2S. The molecule has 110 valence electrons. The van der Waals surface area contributed by atoms with E-state index in [9.17, 15) is 4.79 Å². The van der Waals surface area contributed by atoms with Crippen LogP contribution in [-0.4, -0.2) is 11.0 Å². The lowest BCUT2D eigenvalue weighted by atomic mass is 9.99. The summed E-state index contributed by atoms with van der Waals surface area (Å²) in [6.07, 6.45) is 2.55. The smallest absolute Gasteiger partial charge is 0.293 e. The number of carbonyl (C=O) groups is 1. The minimum absolute atomic E-state index is 0.228. The van der Waals surface area contributed by atoms with Crippen molar-refractivity contribution in [1.29, 1.82) is 0 Å². The third-order valence-electron chi connectivity index (χ3n) is 3.32. The highest BCUT2D eigenvalue weighted by Gasteiger charge is 2.10. The zero-order valence-corrected chi connectivity index (χ0v) is 12.9. The van der Waals surface area contributed by atoms with Gasteiger partial charge in [0.25, 0.3) is 5.91 Å². The van der Waals surface area contributed by atoms with Gasteiger partial charge in [-0.1, -0.05) is 26.0 Å². The average molecular weight is 302 g/mol. The highest BCUT2D eigenvalue weighted by Crippen LogP contribution is 2.20. The summed E-state index contributed by atoms with van der Waals surface area (Å²) in [7, 11) is 0. The molecule has 1 atom stereocenters. The Hall–Kier alpha value is -2.14. The van der Waals surface area contributed by atoms with Crippen LogP contribution in [0.1, 0.15) is 42.3 Å². The number of rotatable bonds is 4. The molecule has 0 fully saturated rings. The molecule has 0 spiro atoms. The molecule has 21 heavy (non-hydrogen) atoms. The van der Waals surface area contributed by atoms with E-state index in [0.29, 0.717) is 5.92 Å². The fourth-order valence-corrected chi connectivity index (χ4v) is 2.08. The Morgan fingerprint density at radius 2 is 2.00 bits per heavy atom. The molecule has 0 aliphatic rings. The van der Waals surface area contributed by atoms with Crippen molar-refractivity contribution in [2.45, 2.75) is 26.2 Å². The van der Waals surface area contributed by atoms with Gasteiger partial charge in [0.2, 0.25) is 0 Å². The maximum absolute atomic E-state index is 11.8. The second kappa shape index (κ2) is 7.04. The van der Waals surface area contributed by atoms with Crippen molar-refractivity contribution in [1.82, 2.24) is 5.32 Å². The van der Waals surface area contributed by atoms with Crippen LogP contribution in [0.15, 0.2) is 47.1 Å². The van der Waals surface area contributed by atoms with E-state index in [1.807, 2.05) is 12.1 Å². The normalized spacial score (nSPS) is 11.7. The van der Waals surface area contributed by atoms with Gasteiger partial charge >= 0.3 is 0 Å². The van der Waals surface area contributed by atoms with Gasteiger partial charge in [0.05, 0.1) is 6.26 Å². The number of carbonyl (C=O) groups excluding carboxylic acids is 1. The lowest BCUT2D eigenvalue weighted by molar-refractivity contribution is 0.0950. The Kier molecular flexibility index (Phi) is 5.11. The van der Waals surface area contributed by atoms with Crippen LogP contribution < -0.4 is 10.6 Å². The van der Waals surface area contributed by atoms with Crippen LogP contribution >= 0.6 is 12.2 Å². The quantitative estimate of drug-likeness (QED) is 0.841. The summed E-state index contributed by atoms with van der Waals surface area (Å²) in [4.78, 5) is 11.8. The average Bonchev–Trinajstić information content (AvgIpc) is 3.01. The zero-order chi connectivity index (χ0) is 15.2. The summed E-state index contributed by atoms with van der Waals surface area (Å²) >= 11 is 5.11. The monoisotopic (exact) mass is 302 g/mol. The Bertz CT molecular complexity index is 606. The molecule has 0 radical (unpaired) electrons. The van der Waals surface area contributed by atoms with Gasteiger partial charge in [-0.05, 0) is 54.4 Å². The largest absolute Gasteiger partial charge is 0.459 e. The molecular weight excluding hydrogens is 284 g/mol. The molecule has 4 nitrogen and oxygen atoms in total. The first-order valence-electron chi connectivity index (χ1n) is 6.86. The van der Waals surface area contributed by atoms with Crippen LogP contribution in [0.4, 0.5) is 5.69 Å². The lowest BCUT2D eigenvalue weighted by Gasteiger charge is -2.11. The highest BCUT2D eigenvalue weighted by atomic mass is 32.1. The number of hydrogen-bond donors (Lipinski definition) is 2. The molecule has 2 rings (SSSR count). The number of hydrogen-bond acceptors (Lipinski definition) is 3. The highest BCUT2D eigenvalue weighted by molar-refractivity contribution is 7.80. The van der Waals surface area contributed by atoms with Crippen molar-refractivity contribution in [3.05, 3.63) is 54.0 Å². The van der Waals surface area contributed by atoms with Crippen LogP contribution in [0, 0.1) is 0 Å². The molecule has 1 heterocycles. The Morgan fingerprint density at radius 1 is 1.29 bits per heavy atom. The molecule has 2 aromatic rings. The van der Waals surface area contributed by atoms with Crippen LogP contribution in [0.25, 0.3) is 0 Å². The van der Waals surface area contributed by atoms with Crippen LogP contribution in [0.2, 0.25) is 0 Å². The maximum atomic E-state index is 11.8. The van der Waals surface area contributed by atoms with E-state index in [0.717, 1.165) is 12.1 Å². The molecule has 5 heteroatoms. The second-order valence-electron chi connectivity index (χ2n) is 4.82. The first-order chi connectivity index (χ1) is 10.1. The van der Waals surface area contributed by atoms with E-state index in [-0.39, 0.29) is 16.8 Å². The van der Waals surface area contributed by atoms with Gasteiger partial charge in [0, 0.05) is 5.69 Å². The van der Waals surface area contributed by atoms with Crippen molar-refractivity contribution in [2.75, 3.05) is 5.32 Å². The molecule has 0 bridgehead atoms. The van der Waals surface area contributed by atoms with Gasteiger partial charge in [-0.25, -0.2) is 0 Å². The summed E-state index contributed by atoms with van der Waals surface area (Å²) < 4.78 is 5.00. The molecule has 1 aromatic heterocycles. The molecule has 0 saturated carbocycles. The van der Waals surface area contributed by atoms with Gasteiger partial charge in [-0.2, -0.15) is 0 Å². The van der Waals surface area contributed by atoms with Crippen LogP contribution in [0.5, 0.6) is 0 Å². The predicted octanol–water partition coefficient (Wildman–Crippen LogP) is 3.92. The Labute approximate surface area is 129 Å². The molecule has 0 aliphatic carbocycles. The van der Waals surface area contributed by atoms with Crippen molar-refractivity contribution >= 4 is 28.9 Å². The minimum Gasteiger partial charge on any atom is -0.459 e. The van der Waals surface area contributed by atoms with Crippen molar-refractivity contribution in [3.63, 3.8) is 0 Å². The van der Waals surface area contributed by atoms with Crippen LogP contribution in [0.3, 0.4) is 0 Å². The van der Waals surface area contributed by atoms with Gasteiger partial charge in [0.15, 0.2) is 10.9 Å². The van der Waals surface area contributed by atoms with Crippen molar-refractivity contribution in [2.24, 2.45) is 0 Å². The summed E-state index contributed by atoms with van der Waals surface area (Å²) in [5.41, 5.74) is 2.13. The van der Waals surface area contributed by atoms with Gasteiger partial charge in [-0.3, -0.25) is 10.1 Å². The second-order valence-corrected chi connectivity index (χ2v) is 5.23. The van der Waals surface area contributed by atoms with E-state index in [4.69, 9.17) is 16.6 Å². The fraction of sp³-hybridized carbons (Fsp3) is 0.250. The van der Waals surface area contributed by atoms with E-state index in [1.54, 1.807) is 12.1 Å². The third-order valence-corrected chi connectivity index (χ3v) is 3.53. The van der Waals surface area contributed by atoms with Gasteiger partial charge in [-0.15, -0.1) is 0 Å². The number of thiocarbonyl (C=S) groups is 1. The SMILES string of the molecule is CCC(C)c1ccc(NC(=S)NC(=O)c2ccco2)cc1. The van der Waals surface area contributed by atoms with Crippen molar-refractivity contribution in [3.8, 4) is 0 Å². The molecule has 1 amide bonds. The molecule has 0 aliphatic heterocycles. The number of nitrogens with one attached hydrogen (secondary N) is 2. The molecule has 1 unspecified atom stereocenters. The van der Waals surface area contributed by atoms with E-state index in [2.05, 4.69) is 36.6 Å². The topological polar surface area (TPSA) is 54.3 Å². The van der Waals surface area contributed by atoms with Crippen LogP contribution in [-0.2, 0) is 0 Å². The number of furan rings is 1. The lowest BCUT2D eigenvalue weighted by Crippen LogP contribution is -2.33. The summed E-state index contributed by atoms with van der Waals surface area (Å²) in [6.45, 7) is 4.35. The molecule has 0 saturated heterocycles. The maximum Gasteiger partial charge on any atom is 0.293 e. The number of amides is 1. The first kappa shape index (κ1) is 15.3. The minimum atomic E-state index is -0.367. The van der Waals surface area contributed by atoms with E-state index < -0.39 is 0 Å². The number of anilines is 1. The van der Waals surface area contributed by atoms with E-state index in [1.165, 1.54) is 11.8 Å². The number of benzene rings is 1. The van der Waals surface area contributed by atoms with E-state index >= 15 is 0 Å². The van der Waals surface area contributed by atoms with Gasteiger partial charge in [0.1, 0.15) is 0 Å². The first-order valence-corrected chi connectivity index (χ1v) is 7.26. The summed E-state index contributed by atoms with van der Waals surface area (Å²) in [6, 6.07) is 11.3. The third kappa shape index (κ3) is 4.16.